The van der Waals surface area contributed by atoms with Gasteiger partial charge in [-0.05, 0) is 24.5 Å². The Morgan fingerprint density at radius 2 is 1.74 bits per heavy atom. The highest BCUT2D eigenvalue weighted by atomic mass is 16.5. The molecule has 34 heavy (non-hydrogen) atoms. The van der Waals surface area contributed by atoms with Gasteiger partial charge in [-0.1, -0.05) is 25.1 Å². The van der Waals surface area contributed by atoms with E-state index in [0.717, 1.165) is 16.8 Å². The number of aliphatic hydroxyl groups is 1. The van der Waals surface area contributed by atoms with Crippen LogP contribution in [0.5, 0.6) is 0 Å². The maximum atomic E-state index is 9.09. The first kappa shape index (κ1) is 23.2. The maximum absolute atomic E-state index is 9.09. The smallest absolute Gasteiger partial charge is 0.278 e. The standard InChI is InChI=1S/C23H27N9O2/c1-14(2)23(3,16-5-6-17(25-11-16)15-9-28-22(24)29-10-15)21-30-20(34-31-21)18-12-27-19(13-26-18)32(4)7-8-33/h5-6,9-14,33H,7-8H2,1-4H3,(H2,24,28,29). The topological polar surface area (TPSA) is 153 Å². The summed E-state index contributed by atoms with van der Waals surface area (Å²) < 4.78 is 5.55. The van der Waals surface area contributed by atoms with Gasteiger partial charge in [0, 0.05) is 37.7 Å². The number of nitrogens with two attached hydrogens (primary N) is 1. The molecule has 0 aliphatic rings. The van der Waals surface area contributed by atoms with Gasteiger partial charge < -0.3 is 20.3 Å². The Morgan fingerprint density at radius 1 is 1.00 bits per heavy atom. The first-order valence-electron chi connectivity index (χ1n) is 10.9. The molecular formula is C23H27N9O2. The van der Waals surface area contributed by atoms with Crippen LogP contribution in [0.25, 0.3) is 22.8 Å². The fourth-order valence-electron chi connectivity index (χ4n) is 3.49. The van der Waals surface area contributed by atoms with Crippen molar-refractivity contribution in [2.45, 2.75) is 26.2 Å². The predicted octanol–water partition coefficient (Wildman–Crippen LogP) is 2.35. The molecule has 4 aromatic rings. The summed E-state index contributed by atoms with van der Waals surface area (Å²) in [5.41, 5.74) is 7.96. The average molecular weight is 462 g/mol. The molecule has 1 atom stereocenters. The van der Waals surface area contributed by atoms with E-state index in [1.165, 1.54) is 0 Å². The van der Waals surface area contributed by atoms with Crippen LogP contribution in [0.4, 0.5) is 11.8 Å². The second-order valence-corrected chi connectivity index (χ2v) is 8.45. The van der Waals surface area contributed by atoms with Gasteiger partial charge in [-0.2, -0.15) is 4.98 Å². The summed E-state index contributed by atoms with van der Waals surface area (Å²) in [6.07, 6.45) is 8.29. The number of aliphatic hydroxyl groups excluding tert-OH is 1. The normalized spacial score (nSPS) is 13.1. The molecule has 0 saturated heterocycles. The van der Waals surface area contributed by atoms with Gasteiger partial charge in [-0.3, -0.25) is 4.98 Å². The highest BCUT2D eigenvalue weighted by Crippen LogP contribution is 2.38. The van der Waals surface area contributed by atoms with E-state index in [1.54, 1.807) is 29.7 Å². The van der Waals surface area contributed by atoms with Crippen LogP contribution in [0.2, 0.25) is 0 Å². The molecule has 0 fully saturated rings. The van der Waals surface area contributed by atoms with Gasteiger partial charge in [-0.25, -0.2) is 19.9 Å². The predicted molar refractivity (Wildman–Crippen MR) is 127 cm³/mol. The van der Waals surface area contributed by atoms with Crippen LogP contribution in [-0.4, -0.2) is 60.4 Å². The second-order valence-electron chi connectivity index (χ2n) is 8.45. The molecule has 0 aliphatic heterocycles. The van der Waals surface area contributed by atoms with Gasteiger partial charge >= 0.3 is 0 Å². The van der Waals surface area contributed by atoms with E-state index in [9.17, 15) is 0 Å². The third-order valence-electron chi connectivity index (χ3n) is 6.06. The molecule has 4 rings (SSSR count). The molecule has 4 heterocycles. The third kappa shape index (κ3) is 4.42. The van der Waals surface area contributed by atoms with E-state index in [0.29, 0.717) is 23.9 Å². The first-order valence-corrected chi connectivity index (χ1v) is 10.9. The molecule has 0 amide bonds. The van der Waals surface area contributed by atoms with Crippen molar-refractivity contribution < 1.29 is 9.63 Å². The lowest BCUT2D eigenvalue weighted by Gasteiger charge is -2.30. The van der Waals surface area contributed by atoms with Crippen molar-refractivity contribution in [2.75, 3.05) is 30.8 Å². The van der Waals surface area contributed by atoms with Crippen LogP contribution in [0.3, 0.4) is 0 Å². The van der Waals surface area contributed by atoms with Gasteiger partial charge in [0.2, 0.25) is 5.95 Å². The second kappa shape index (κ2) is 9.48. The molecular weight excluding hydrogens is 434 g/mol. The van der Waals surface area contributed by atoms with E-state index in [-0.39, 0.29) is 24.4 Å². The monoisotopic (exact) mass is 461 g/mol. The Bertz CT molecular complexity index is 1220. The van der Waals surface area contributed by atoms with Crippen LogP contribution in [0.15, 0.2) is 47.6 Å². The summed E-state index contributed by atoms with van der Waals surface area (Å²) in [4.78, 5) is 27.9. The van der Waals surface area contributed by atoms with E-state index in [4.69, 9.17) is 15.4 Å². The minimum absolute atomic E-state index is 0.0321. The lowest BCUT2D eigenvalue weighted by Crippen LogP contribution is -2.31. The minimum Gasteiger partial charge on any atom is -0.395 e. The molecule has 0 radical (unpaired) electrons. The molecule has 4 aromatic heterocycles. The summed E-state index contributed by atoms with van der Waals surface area (Å²) >= 11 is 0. The summed E-state index contributed by atoms with van der Waals surface area (Å²) in [6, 6.07) is 3.92. The summed E-state index contributed by atoms with van der Waals surface area (Å²) in [5, 5.41) is 13.4. The molecule has 0 saturated carbocycles. The molecule has 0 spiro atoms. The highest BCUT2D eigenvalue weighted by molar-refractivity contribution is 5.57. The summed E-state index contributed by atoms with van der Waals surface area (Å²) in [7, 11) is 1.83. The number of nitrogen functional groups attached to an aromatic ring is 1. The van der Waals surface area contributed by atoms with Gasteiger partial charge in [0.1, 0.15) is 11.5 Å². The Morgan fingerprint density at radius 3 is 2.32 bits per heavy atom. The number of likely N-dealkylation sites (N-methyl/N-ethyl adjacent to an activating group) is 1. The van der Waals surface area contributed by atoms with Crippen LogP contribution in [0.1, 0.15) is 32.2 Å². The van der Waals surface area contributed by atoms with Crippen LogP contribution in [0, 0.1) is 5.92 Å². The van der Waals surface area contributed by atoms with Crippen molar-refractivity contribution in [3.63, 3.8) is 0 Å². The molecule has 0 aromatic carbocycles. The largest absolute Gasteiger partial charge is 0.395 e. The minimum atomic E-state index is -0.556. The van der Waals surface area contributed by atoms with E-state index >= 15 is 0 Å². The summed E-state index contributed by atoms with van der Waals surface area (Å²) in [6.45, 7) is 6.76. The number of aromatic nitrogens is 7. The molecule has 11 nitrogen and oxygen atoms in total. The van der Waals surface area contributed by atoms with E-state index in [1.807, 2.05) is 25.4 Å². The zero-order valence-corrected chi connectivity index (χ0v) is 19.5. The Balaban J connectivity index is 1.62. The quantitative estimate of drug-likeness (QED) is 0.397. The lowest BCUT2D eigenvalue weighted by molar-refractivity contribution is 0.304. The van der Waals surface area contributed by atoms with Crippen LogP contribution < -0.4 is 10.6 Å². The van der Waals surface area contributed by atoms with Crippen molar-refractivity contribution in [1.29, 1.82) is 0 Å². The van der Waals surface area contributed by atoms with E-state index in [2.05, 4.69) is 55.8 Å². The zero-order chi connectivity index (χ0) is 24.3. The average Bonchev–Trinajstić information content (AvgIpc) is 3.35. The first-order chi connectivity index (χ1) is 16.3. The van der Waals surface area contributed by atoms with Gasteiger partial charge in [0.25, 0.3) is 5.89 Å². The molecule has 0 aliphatic carbocycles. The van der Waals surface area contributed by atoms with Gasteiger partial charge in [-0.15, -0.1) is 0 Å². The number of anilines is 2. The fraction of sp³-hybridized carbons (Fsp3) is 0.348. The molecule has 3 N–H and O–H groups in total. The Kier molecular flexibility index (Phi) is 6.46. The summed E-state index contributed by atoms with van der Waals surface area (Å²) in [5.74, 6) is 1.82. The number of rotatable bonds is 8. The Labute approximate surface area is 197 Å². The van der Waals surface area contributed by atoms with Gasteiger partial charge in [0.05, 0.1) is 30.1 Å². The molecule has 1 unspecified atom stereocenters. The Hall–Kier alpha value is -3.99. The van der Waals surface area contributed by atoms with Crippen LogP contribution in [-0.2, 0) is 5.41 Å². The van der Waals surface area contributed by atoms with Crippen molar-refractivity contribution in [3.05, 3.63) is 54.5 Å². The number of pyridine rings is 1. The number of hydrogen-bond acceptors (Lipinski definition) is 11. The molecule has 176 valence electrons. The molecule has 0 bridgehead atoms. The lowest BCUT2D eigenvalue weighted by atomic mass is 9.73. The van der Waals surface area contributed by atoms with E-state index < -0.39 is 5.41 Å². The maximum Gasteiger partial charge on any atom is 0.278 e. The van der Waals surface area contributed by atoms with Crippen molar-refractivity contribution in [1.82, 2.24) is 35.1 Å². The SMILES string of the molecule is CC(C)C(C)(c1ccc(-c2cnc(N)nc2)nc1)c1noc(-c2cnc(N(C)CCO)cn2)n1. The van der Waals surface area contributed by atoms with Crippen molar-refractivity contribution in [3.8, 4) is 22.8 Å². The highest BCUT2D eigenvalue weighted by Gasteiger charge is 2.38. The third-order valence-corrected chi connectivity index (χ3v) is 6.06. The van der Waals surface area contributed by atoms with Crippen LogP contribution >= 0.6 is 0 Å². The van der Waals surface area contributed by atoms with Gasteiger partial charge in [0.15, 0.2) is 5.82 Å². The molecule has 11 heteroatoms. The van der Waals surface area contributed by atoms with Crippen molar-refractivity contribution >= 4 is 11.8 Å². The zero-order valence-electron chi connectivity index (χ0n) is 19.5. The van der Waals surface area contributed by atoms with Crippen molar-refractivity contribution in [2.24, 2.45) is 5.92 Å². The number of nitrogens with zero attached hydrogens (tertiary/aromatic N) is 8. The number of hydrogen-bond donors (Lipinski definition) is 2. The fourth-order valence-corrected chi connectivity index (χ4v) is 3.49.